The van der Waals surface area contributed by atoms with Gasteiger partial charge < -0.3 is 5.32 Å². The molecule has 0 aliphatic carbocycles. The minimum Gasteiger partial charge on any atom is -0.387 e. The molecule has 2 N–H and O–H groups in total. The molecule has 2 heterocycles. The van der Waals surface area contributed by atoms with Crippen LogP contribution in [0, 0.1) is 5.41 Å². The van der Waals surface area contributed by atoms with Crippen LogP contribution in [0.15, 0.2) is 65.7 Å². The van der Waals surface area contributed by atoms with Crippen molar-refractivity contribution in [2.75, 3.05) is 6.54 Å². The molecule has 1 atom stereocenters. The van der Waals surface area contributed by atoms with Crippen molar-refractivity contribution in [1.82, 2.24) is 20.7 Å². The van der Waals surface area contributed by atoms with E-state index in [1.54, 1.807) is 0 Å². The van der Waals surface area contributed by atoms with E-state index in [1.807, 2.05) is 23.5 Å². The summed E-state index contributed by atoms with van der Waals surface area (Å²) in [4.78, 5) is 8.93. The summed E-state index contributed by atoms with van der Waals surface area (Å²) in [6, 6.07) is 10.4. The third-order valence-corrected chi connectivity index (χ3v) is 5.74. The van der Waals surface area contributed by atoms with Crippen LogP contribution in [-0.2, 0) is 6.54 Å². The van der Waals surface area contributed by atoms with Crippen LogP contribution in [-0.4, -0.2) is 22.4 Å². The second kappa shape index (κ2) is 9.12. The lowest BCUT2D eigenvalue weighted by Gasteiger charge is -2.38. The average molecular weight is 392 g/mol. The molecular formula is C24H33N5. The highest BCUT2D eigenvalue weighted by atomic mass is 15.6. The molecule has 1 aromatic heterocycles. The summed E-state index contributed by atoms with van der Waals surface area (Å²) in [6.45, 7) is 14.8. The largest absolute Gasteiger partial charge is 0.387 e. The van der Waals surface area contributed by atoms with Crippen molar-refractivity contribution < 1.29 is 0 Å². The Hall–Kier alpha value is -2.82. The molecule has 1 saturated heterocycles. The number of pyridine rings is 1. The van der Waals surface area contributed by atoms with Crippen LogP contribution in [0.1, 0.15) is 52.5 Å². The molecule has 3 rings (SSSR count). The number of amidine groups is 1. The van der Waals surface area contributed by atoms with Gasteiger partial charge in [0.05, 0.1) is 17.8 Å². The van der Waals surface area contributed by atoms with Gasteiger partial charge in [-0.15, -0.1) is 0 Å². The van der Waals surface area contributed by atoms with Gasteiger partial charge in [-0.1, -0.05) is 45.9 Å². The minimum absolute atomic E-state index is 0.335. The van der Waals surface area contributed by atoms with Crippen molar-refractivity contribution in [2.45, 2.75) is 53.5 Å². The Morgan fingerprint density at radius 2 is 2.17 bits per heavy atom. The number of fused-ring (bicyclic) bond motifs is 1. The number of nitrogens with zero attached hydrogens (tertiary/aromatic N) is 3. The number of nitrogens with one attached hydrogen (secondary N) is 2. The van der Waals surface area contributed by atoms with Crippen LogP contribution in [0.2, 0.25) is 0 Å². The average Bonchev–Trinajstić information content (AvgIpc) is 2.74. The summed E-state index contributed by atoms with van der Waals surface area (Å²) in [5.74, 6) is 0.820. The van der Waals surface area contributed by atoms with Crippen molar-refractivity contribution >= 4 is 16.7 Å². The van der Waals surface area contributed by atoms with Gasteiger partial charge in [-0.25, -0.2) is 4.99 Å². The van der Waals surface area contributed by atoms with Crippen LogP contribution in [0.25, 0.3) is 10.9 Å². The van der Waals surface area contributed by atoms with E-state index in [-0.39, 0.29) is 0 Å². The van der Waals surface area contributed by atoms with Crippen LogP contribution in [0.3, 0.4) is 0 Å². The molecule has 0 bridgehead atoms. The Morgan fingerprint density at radius 1 is 1.34 bits per heavy atom. The van der Waals surface area contributed by atoms with E-state index < -0.39 is 0 Å². The Bertz CT molecular complexity index is 930. The smallest absolute Gasteiger partial charge is 0.169 e. The monoisotopic (exact) mass is 391 g/mol. The number of hydrazine groups is 1. The van der Waals surface area contributed by atoms with Crippen LogP contribution < -0.4 is 10.7 Å². The Labute approximate surface area is 174 Å². The molecule has 0 radical (unpaired) electrons. The van der Waals surface area contributed by atoms with Crippen molar-refractivity contribution in [1.29, 1.82) is 0 Å². The van der Waals surface area contributed by atoms with Gasteiger partial charge in [0.1, 0.15) is 0 Å². The van der Waals surface area contributed by atoms with E-state index >= 15 is 0 Å². The molecule has 5 heteroatoms. The fourth-order valence-electron chi connectivity index (χ4n) is 3.53. The Morgan fingerprint density at radius 3 is 2.90 bits per heavy atom. The summed E-state index contributed by atoms with van der Waals surface area (Å²) >= 11 is 0. The third-order valence-electron chi connectivity index (χ3n) is 5.74. The number of rotatable bonds is 9. The predicted molar refractivity (Wildman–Crippen MR) is 122 cm³/mol. The zero-order valence-electron chi connectivity index (χ0n) is 18.1. The molecule has 1 aromatic carbocycles. The summed E-state index contributed by atoms with van der Waals surface area (Å²) < 4.78 is 0. The first-order valence-electron chi connectivity index (χ1n) is 10.5. The summed E-state index contributed by atoms with van der Waals surface area (Å²) in [6.07, 6.45) is 7.32. The number of hydrogen-bond donors (Lipinski definition) is 2. The first kappa shape index (κ1) is 20.9. The molecule has 154 valence electrons. The van der Waals surface area contributed by atoms with Gasteiger partial charge in [-0.2, -0.15) is 0 Å². The molecule has 0 spiro atoms. The van der Waals surface area contributed by atoms with Crippen LogP contribution in [0.4, 0.5) is 0 Å². The highest BCUT2D eigenvalue weighted by Crippen LogP contribution is 2.26. The maximum Gasteiger partial charge on any atom is 0.169 e. The molecule has 1 fully saturated rings. The Kier molecular flexibility index (Phi) is 6.57. The number of allylic oxidation sites excluding steroid dienone is 1. The number of benzene rings is 1. The first-order valence-corrected chi connectivity index (χ1v) is 10.5. The number of aliphatic imine (C=N–C) groups is 1. The molecule has 0 saturated carbocycles. The number of aromatic nitrogens is 1. The predicted octanol–water partition coefficient (Wildman–Crippen LogP) is 5.13. The Balaban J connectivity index is 1.54. The van der Waals surface area contributed by atoms with Gasteiger partial charge in [0.15, 0.2) is 5.84 Å². The highest BCUT2D eigenvalue weighted by molar-refractivity contribution is 6.02. The summed E-state index contributed by atoms with van der Waals surface area (Å²) in [5.41, 5.74) is 7.82. The van der Waals surface area contributed by atoms with Crippen LogP contribution in [0.5, 0.6) is 0 Å². The lowest BCUT2D eigenvalue weighted by atomic mass is 9.83. The zero-order valence-corrected chi connectivity index (χ0v) is 18.1. The lowest BCUT2D eigenvalue weighted by Crippen LogP contribution is -2.55. The van der Waals surface area contributed by atoms with Crippen molar-refractivity contribution in [3.63, 3.8) is 0 Å². The second-order valence-corrected chi connectivity index (χ2v) is 8.23. The standard InChI is InChI=1S/C24H33N5/c1-6-12-24(5,7-2)17-27-18(3)15-26-23-19(4)29(28-23)16-20-10-11-22-21(14-20)9-8-13-25-22/h8-11,13-15,27H,4,6-7,12,16-17H2,1-3,5H3,(H,26,28)/b18-15+. The maximum absolute atomic E-state index is 4.55. The normalized spacial score (nSPS) is 17.8. The van der Waals surface area contributed by atoms with Crippen molar-refractivity contribution in [3.05, 3.63) is 66.3 Å². The maximum atomic E-state index is 4.55. The molecule has 1 unspecified atom stereocenters. The first-order chi connectivity index (χ1) is 13.9. The van der Waals surface area contributed by atoms with E-state index in [4.69, 9.17) is 0 Å². The number of hydrogen-bond acceptors (Lipinski definition) is 4. The van der Waals surface area contributed by atoms with Gasteiger partial charge in [0.2, 0.25) is 0 Å². The van der Waals surface area contributed by atoms with E-state index in [0.29, 0.717) is 5.41 Å². The minimum atomic E-state index is 0.335. The van der Waals surface area contributed by atoms with Gasteiger partial charge in [0.25, 0.3) is 0 Å². The van der Waals surface area contributed by atoms with Crippen molar-refractivity contribution in [2.24, 2.45) is 10.4 Å². The van der Waals surface area contributed by atoms with E-state index in [0.717, 1.165) is 41.2 Å². The molecule has 29 heavy (non-hydrogen) atoms. The van der Waals surface area contributed by atoms with Gasteiger partial charge in [0, 0.05) is 30.0 Å². The third kappa shape index (κ3) is 5.17. The van der Waals surface area contributed by atoms with E-state index in [9.17, 15) is 0 Å². The SMILES string of the molecule is C=C1C(=N/C=C(\C)NCC(C)(CC)CCC)NN1Cc1ccc2ncccc2c1. The lowest BCUT2D eigenvalue weighted by molar-refractivity contribution is 0.262. The van der Waals surface area contributed by atoms with Crippen molar-refractivity contribution in [3.8, 4) is 0 Å². The summed E-state index contributed by atoms with van der Waals surface area (Å²) in [7, 11) is 0. The highest BCUT2D eigenvalue weighted by Gasteiger charge is 2.25. The molecule has 2 aromatic rings. The molecule has 1 aliphatic heterocycles. The summed E-state index contributed by atoms with van der Waals surface area (Å²) in [5, 5.41) is 6.69. The van der Waals surface area contributed by atoms with Gasteiger partial charge >= 0.3 is 0 Å². The van der Waals surface area contributed by atoms with Gasteiger partial charge in [-0.3, -0.25) is 15.4 Å². The molecule has 1 aliphatic rings. The fraction of sp³-hybridized carbons (Fsp3) is 0.417. The van der Waals surface area contributed by atoms with E-state index in [2.05, 4.69) is 79.3 Å². The van der Waals surface area contributed by atoms with Crippen LogP contribution >= 0.6 is 0 Å². The fourth-order valence-corrected chi connectivity index (χ4v) is 3.53. The quantitative estimate of drug-likeness (QED) is 0.622. The topological polar surface area (TPSA) is 52.6 Å². The zero-order chi connectivity index (χ0) is 20.9. The molecular weight excluding hydrogens is 358 g/mol. The van der Waals surface area contributed by atoms with E-state index in [1.165, 1.54) is 24.8 Å². The van der Waals surface area contributed by atoms with Gasteiger partial charge in [-0.05, 0) is 48.9 Å². The molecule has 5 nitrogen and oxygen atoms in total. The second-order valence-electron chi connectivity index (χ2n) is 8.23. The molecule has 0 amide bonds.